The highest BCUT2D eigenvalue weighted by Crippen LogP contribution is 2.52. The monoisotopic (exact) mass is 794 g/mol. The molecule has 0 spiro atoms. The van der Waals surface area contributed by atoms with Gasteiger partial charge in [-0.3, -0.25) is 9.59 Å². The minimum atomic E-state index is -1.42. The molecule has 7 rings (SSSR count). The van der Waals surface area contributed by atoms with E-state index in [4.69, 9.17) is 35.3 Å². The Hall–Kier alpha value is -4.79. The first kappa shape index (κ1) is 39.4. The Balaban J connectivity index is 1.20. The normalized spacial score (nSPS) is 27.1. The highest BCUT2D eigenvalue weighted by atomic mass is 35.5. The van der Waals surface area contributed by atoms with Gasteiger partial charge in [0.25, 0.3) is 0 Å². The number of carboxylic acids is 1. The number of carbonyl (C=O) groups excluding carboxylic acids is 3. The van der Waals surface area contributed by atoms with Crippen molar-refractivity contribution in [3.05, 3.63) is 29.3 Å². The number of benzene rings is 1. The van der Waals surface area contributed by atoms with Crippen molar-refractivity contribution in [2.45, 2.75) is 116 Å². The summed E-state index contributed by atoms with van der Waals surface area (Å²) in [5.41, 5.74) is -1.03. The summed E-state index contributed by atoms with van der Waals surface area (Å²) in [4.78, 5) is 60.7. The van der Waals surface area contributed by atoms with E-state index in [1.807, 2.05) is 41.5 Å². The van der Waals surface area contributed by atoms with Gasteiger partial charge in [-0.25, -0.2) is 14.6 Å². The Morgan fingerprint density at radius 3 is 2.41 bits per heavy atom. The fourth-order valence-electron chi connectivity index (χ4n) is 8.37. The molecular formula is C40H51ClN6O9. The summed E-state index contributed by atoms with van der Waals surface area (Å²) in [6, 6.07) is 4.77. The van der Waals surface area contributed by atoms with Gasteiger partial charge in [-0.05, 0) is 74.8 Å². The van der Waals surface area contributed by atoms with Crippen LogP contribution in [0.4, 0.5) is 10.7 Å². The van der Waals surface area contributed by atoms with Gasteiger partial charge in [0.15, 0.2) is 0 Å². The van der Waals surface area contributed by atoms with E-state index in [1.165, 1.54) is 18.4 Å². The van der Waals surface area contributed by atoms with E-state index in [1.54, 1.807) is 24.3 Å². The Labute approximate surface area is 330 Å². The highest BCUT2D eigenvalue weighted by molar-refractivity contribution is 6.36. The van der Waals surface area contributed by atoms with E-state index < -0.39 is 53.0 Å². The quantitative estimate of drug-likeness (QED) is 0.157. The van der Waals surface area contributed by atoms with Crippen LogP contribution < -0.4 is 25.4 Å². The number of nitrogens with one attached hydrogen (secondary N) is 3. The van der Waals surface area contributed by atoms with Gasteiger partial charge in [-0.2, -0.15) is 0 Å². The lowest BCUT2D eigenvalue weighted by Crippen LogP contribution is -2.59. The Morgan fingerprint density at radius 2 is 1.79 bits per heavy atom. The van der Waals surface area contributed by atoms with Gasteiger partial charge in [0.05, 0.1) is 24.9 Å². The number of hydrogen-bond acceptors (Lipinski definition) is 11. The van der Waals surface area contributed by atoms with Crippen LogP contribution in [0.15, 0.2) is 28.8 Å². The van der Waals surface area contributed by atoms with E-state index >= 15 is 0 Å². The minimum Gasteiger partial charge on any atom is -0.495 e. The summed E-state index contributed by atoms with van der Waals surface area (Å²) in [5.74, 6) is -0.0787. The molecule has 8 atom stereocenters. The smallest absolute Gasteiger partial charge is 0.408 e. The number of likely N-dealkylation sites (tertiary alicyclic amines) is 1. The lowest BCUT2D eigenvalue weighted by molar-refractivity contribution is -0.146. The molecule has 4 N–H and O–H groups in total. The molecule has 3 saturated carbocycles. The van der Waals surface area contributed by atoms with Crippen molar-refractivity contribution < 1.29 is 43.0 Å². The number of methoxy groups -OCH3 is 1. The van der Waals surface area contributed by atoms with Crippen LogP contribution in [-0.2, 0) is 19.1 Å². The second-order valence-corrected chi connectivity index (χ2v) is 17.5. The molecule has 302 valence electrons. The zero-order valence-electron chi connectivity index (χ0n) is 32.8. The van der Waals surface area contributed by atoms with Gasteiger partial charge < -0.3 is 44.7 Å². The zero-order valence-corrected chi connectivity index (χ0v) is 33.6. The van der Waals surface area contributed by atoms with E-state index in [2.05, 4.69) is 21.1 Å². The number of rotatable bonds is 13. The topological polar surface area (TPSA) is 194 Å². The number of aliphatic carboxylic acids is 1. The molecule has 1 aliphatic heterocycles. The summed E-state index contributed by atoms with van der Waals surface area (Å²) < 4.78 is 23.4. The number of carboxylic acid groups (broad SMARTS) is 1. The number of amides is 3. The first-order chi connectivity index (χ1) is 26.5. The fraction of sp³-hybridized carbons (Fsp3) is 0.600. The number of aromatic nitrogens is 2. The Bertz CT molecular complexity index is 2020. The van der Waals surface area contributed by atoms with Crippen LogP contribution in [0.5, 0.6) is 11.5 Å². The third kappa shape index (κ3) is 7.78. The number of alkyl carbamates (subject to hydrolysis) is 1. The van der Waals surface area contributed by atoms with Crippen molar-refractivity contribution >= 4 is 52.3 Å². The predicted octanol–water partition coefficient (Wildman–Crippen LogP) is 6.03. The lowest BCUT2D eigenvalue weighted by Gasteiger charge is -2.35. The van der Waals surface area contributed by atoms with Crippen LogP contribution in [-0.4, -0.2) is 93.6 Å². The highest BCUT2D eigenvalue weighted by Gasteiger charge is 2.61. The number of halogens is 1. The first-order valence-electron chi connectivity index (χ1n) is 19.4. The molecule has 3 aromatic rings. The van der Waals surface area contributed by atoms with Crippen LogP contribution in [0.25, 0.3) is 22.3 Å². The number of nitrogens with zero attached hydrogens (tertiary/aromatic N) is 3. The molecule has 3 aliphatic carbocycles. The summed E-state index contributed by atoms with van der Waals surface area (Å²) >= 11 is 6.79. The van der Waals surface area contributed by atoms with Crippen LogP contribution in [0, 0.1) is 23.2 Å². The van der Waals surface area contributed by atoms with Crippen molar-refractivity contribution in [1.82, 2.24) is 25.7 Å². The summed E-state index contributed by atoms with van der Waals surface area (Å²) in [7, 11) is 1.50. The van der Waals surface area contributed by atoms with Gasteiger partial charge in [-0.1, -0.05) is 50.9 Å². The Morgan fingerprint density at radius 1 is 1.05 bits per heavy atom. The molecule has 4 aliphatic rings. The van der Waals surface area contributed by atoms with E-state index in [0.717, 1.165) is 12.8 Å². The maximum atomic E-state index is 14.7. The third-order valence-electron chi connectivity index (χ3n) is 11.6. The summed E-state index contributed by atoms with van der Waals surface area (Å²) in [5, 5.41) is 23.9. The van der Waals surface area contributed by atoms with E-state index in [-0.39, 0.29) is 36.1 Å². The van der Waals surface area contributed by atoms with Crippen molar-refractivity contribution in [3.8, 4) is 22.9 Å². The largest absolute Gasteiger partial charge is 0.495 e. The van der Waals surface area contributed by atoms with Crippen LogP contribution in [0.1, 0.15) is 80.1 Å². The number of carbonyl (C=O) groups is 4. The third-order valence-corrected chi connectivity index (χ3v) is 12.0. The van der Waals surface area contributed by atoms with Gasteiger partial charge >= 0.3 is 12.1 Å². The molecular weight excluding hydrogens is 744 g/mol. The van der Waals surface area contributed by atoms with Crippen LogP contribution in [0.2, 0.25) is 5.02 Å². The summed E-state index contributed by atoms with van der Waals surface area (Å²) in [6.45, 7) is 11.2. The van der Waals surface area contributed by atoms with Crippen LogP contribution >= 0.6 is 11.6 Å². The van der Waals surface area contributed by atoms with Crippen molar-refractivity contribution in [1.29, 1.82) is 0 Å². The molecule has 2 aromatic heterocycles. The van der Waals surface area contributed by atoms with Gasteiger partial charge in [0.1, 0.15) is 52.0 Å². The second-order valence-electron chi connectivity index (χ2n) is 17.1. The SMILES string of the molecule is CC[C@@H]1C[C@]1(NC(=O)C1C[C@@H](Oc2cc(-c3cc(NC(C)C)on3)nc3c(Cl)c(OC)ccc23)CN1C(=O)[C@@H](NC(=O)O[C@@H]1C[C@@H]2C[C@@H]2C1)C(C)(C)C)C(=O)O. The molecule has 3 heterocycles. The molecule has 4 fully saturated rings. The predicted molar refractivity (Wildman–Crippen MR) is 206 cm³/mol. The number of fused-ring (bicyclic) bond motifs is 2. The fourth-order valence-corrected chi connectivity index (χ4v) is 8.65. The molecule has 56 heavy (non-hydrogen) atoms. The molecule has 0 radical (unpaired) electrons. The Kier molecular flexibility index (Phi) is 10.5. The van der Waals surface area contributed by atoms with Crippen LogP contribution in [0.3, 0.4) is 0 Å². The standard InChI is InChI=1S/C40H51ClN6O9/c1-8-22-17-40(22,37(50)51)45-35(48)28-14-24(18-47(28)36(49)34(39(4,5)6)44-38(52)55-23-12-20-11-21(20)13-23)54-30-15-26(27-16-31(56-46-27)42-19(2)3)43-33-25(30)9-10-29(53-7)32(33)41/h9-10,15-16,19-24,28,34,42H,8,11-14,17-18H2,1-7H3,(H,44,52)(H,45,48)(H,50,51)/t20-,21+,22-,23+,24-,28?,34-,40-/m1/s1. The van der Waals surface area contributed by atoms with Crippen molar-refractivity contribution in [2.24, 2.45) is 23.2 Å². The lowest BCUT2D eigenvalue weighted by atomic mass is 9.85. The van der Waals surface area contributed by atoms with Gasteiger partial charge in [-0.15, -0.1) is 0 Å². The average Bonchev–Trinajstić information content (AvgIpc) is 3.80. The van der Waals surface area contributed by atoms with Crippen molar-refractivity contribution in [3.63, 3.8) is 0 Å². The molecule has 15 nitrogen and oxygen atoms in total. The number of hydrogen-bond donors (Lipinski definition) is 4. The number of anilines is 1. The van der Waals surface area contributed by atoms with Crippen molar-refractivity contribution in [2.75, 3.05) is 19.0 Å². The maximum absolute atomic E-state index is 14.7. The van der Waals surface area contributed by atoms with Gasteiger partial charge in [0, 0.05) is 30.0 Å². The molecule has 3 amide bonds. The zero-order chi connectivity index (χ0) is 40.3. The van der Waals surface area contributed by atoms with E-state index in [9.17, 15) is 24.3 Å². The second kappa shape index (κ2) is 14.9. The molecule has 0 bridgehead atoms. The minimum absolute atomic E-state index is 0.0334. The van der Waals surface area contributed by atoms with Gasteiger partial charge in [0.2, 0.25) is 17.7 Å². The first-order valence-corrected chi connectivity index (χ1v) is 19.8. The molecule has 16 heteroatoms. The molecule has 1 aromatic carbocycles. The average molecular weight is 795 g/mol. The summed E-state index contributed by atoms with van der Waals surface area (Å²) in [6.07, 6.45) is 2.07. The van der Waals surface area contributed by atoms with E-state index in [0.29, 0.717) is 64.4 Å². The molecule has 1 unspecified atom stereocenters. The number of pyridine rings is 1. The number of ether oxygens (including phenoxy) is 3. The molecule has 1 saturated heterocycles. The maximum Gasteiger partial charge on any atom is 0.408 e.